The smallest absolute Gasteiger partial charge is 0.191 e. The van der Waals surface area contributed by atoms with E-state index < -0.39 is 0 Å². The molecule has 0 aromatic heterocycles. The molecular formula is C15H22FN3OS. The van der Waals surface area contributed by atoms with Crippen LogP contribution in [0.5, 0.6) is 0 Å². The Kier molecular flexibility index (Phi) is 5.87. The lowest BCUT2D eigenvalue weighted by molar-refractivity contribution is 0.00528. The minimum absolute atomic E-state index is 0.172. The summed E-state index contributed by atoms with van der Waals surface area (Å²) < 4.78 is 18.8. The number of guanidine groups is 1. The van der Waals surface area contributed by atoms with E-state index in [9.17, 15) is 4.39 Å². The van der Waals surface area contributed by atoms with Crippen LogP contribution in [0.3, 0.4) is 0 Å². The molecule has 0 radical (unpaired) electrons. The maximum absolute atomic E-state index is 13.3. The summed E-state index contributed by atoms with van der Waals surface area (Å²) in [4.78, 5) is 6.49. The second kappa shape index (κ2) is 7.66. The quantitative estimate of drug-likeness (QED) is 0.684. The third kappa shape index (κ3) is 4.61. The van der Waals surface area contributed by atoms with Gasteiger partial charge < -0.3 is 15.4 Å². The molecule has 0 saturated carbocycles. The van der Waals surface area contributed by atoms with Crippen molar-refractivity contribution in [3.8, 4) is 0 Å². The van der Waals surface area contributed by atoms with E-state index in [1.165, 1.54) is 6.07 Å². The predicted octanol–water partition coefficient (Wildman–Crippen LogP) is 2.22. The molecule has 1 aliphatic heterocycles. The van der Waals surface area contributed by atoms with Crippen molar-refractivity contribution >= 4 is 17.7 Å². The first kappa shape index (κ1) is 16.1. The van der Waals surface area contributed by atoms with E-state index in [1.807, 2.05) is 18.1 Å². The normalized spacial score (nSPS) is 19.9. The molecular weight excluding hydrogens is 289 g/mol. The number of hydrogen-bond acceptors (Lipinski definition) is 3. The Labute approximate surface area is 129 Å². The molecule has 2 rings (SSSR count). The molecule has 6 heteroatoms. The number of halogens is 1. The van der Waals surface area contributed by atoms with Gasteiger partial charge in [-0.2, -0.15) is 11.8 Å². The van der Waals surface area contributed by atoms with Gasteiger partial charge in [-0.1, -0.05) is 6.07 Å². The monoisotopic (exact) mass is 311 g/mol. The lowest BCUT2D eigenvalue weighted by Crippen LogP contribution is -2.47. The average Bonchev–Trinajstić information content (AvgIpc) is 2.46. The highest BCUT2D eigenvalue weighted by Crippen LogP contribution is 2.17. The number of nitrogens with two attached hydrogens (primary N) is 1. The molecule has 116 valence electrons. The van der Waals surface area contributed by atoms with Gasteiger partial charge in [0.25, 0.3) is 0 Å². The van der Waals surface area contributed by atoms with Crippen LogP contribution < -0.4 is 5.73 Å². The van der Waals surface area contributed by atoms with Gasteiger partial charge in [0.05, 0.1) is 19.3 Å². The molecule has 1 atom stereocenters. The number of benzene rings is 1. The number of thioether (sulfide) groups is 1. The topological polar surface area (TPSA) is 50.8 Å². The zero-order valence-electron chi connectivity index (χ0n) is 12.5. The number of aliphatic imine (C=N–C) groups is 1. The molecule has 1 aliphatic rings. The van der Waals surface area contributed by atoms with Crippen LogP contribution in [0.1, 0.15) is 18.1 Å². The van der Waals surface area contributed by atoms with Crippen LogP contribution in [0, 0.1) is 5.82 Å². The minimum atomic E-state index is -0.207. The zero-order chi connectivity index (χ0) is 15.2. The van der Waals surface area contributed by atoms with E-state index in [2.05, 4.69) is 4.99 Å². The summed E-state index contributed by atoms with van der Waals surface area (Å²) in [6, 6.07) is 4.84. The molecule has 1 heterocycles. The molecule has 0 amide bonds. The van der Waals surface area contributed by atoms with E-state index >= 15 is 0 Å². The molecule has 21 heavy (non-hydrogen) atoms. The van der Waals surface area contributed by atoms with Gasteiger partial charge in [0.2, 0.25) is 0 Å². The fourth-order valence-corrected chi connectivity index (χ4v) is 2.91. The van der Waals surface area contributed by atoms with Gasteiger partial charge in [-0.3, -0.25) is 0 Å². The van der Waals surface area contributed by atoms with E-state index in [1.54, 1.807) is 23.9 Å². The second-order valence-electron chi connectivity index (χ2n) is 5.15. The van der Waals surface area contributed by atoms with Gasteiger partial charge >= 0.3 is 0 Å². The Hall–Kier alpha value is -1.27. The van der Waals surface area contributed by atoms with Gasteiger partial charge in [-0.25, -0.2) is 9.38 Å². The number of nitrogens with zero attached hydrogens (tertiary/aromatic N) is 2. The predicted molar refractivity (Wildman–Crippen MR) is 85.9 cm³/mol. The van der Waals surface area contributed by atoms with Crippen molar-refractivity contribution in [2.45, 2.75) is 25.3 Å². The Balaban J connectivity index is 2.05. The Morgan fingerprint density at radius 2 is 2.33 bits per heavy atom. The van der Waals surface area contributed by atoms with Gasteiger partial charge in [0.15, 0.2) is 5.96 Å². The van der Waals surface area contributed by atoms with Gasteiger partial charge in [-0.05, 0) is 36.4 Å². The number of morpholine rings is 1. The van der Waals surface area contributed by atoms with E-state index in [4.69, 9.17) is 10.5 Å². The average molecular weight is 311 g/mol. The summed E-state index contributed by atoms with van der Waals surface area (Å²) in [6.45, 7) is 4.70. The highest BCUT2D eigenvalue weighted by molar-refractivity contribution is 7.97. The van der Waals surface area contributed by atoms with Gasteiger partial charge in [0.1, 0.15) is 5.82 Å². The lowest BCUT2D eigenvalue weighted by Gasteiger charge is -2.31. The summed E-state index contributed by atoms with van der Waals surface area (Å²) in [7, 11) is 0. The third-order valence-electron chi connectivity index (χ3n) is 3.44. The first-order valence-electron chi connectivity index (χ1n) is 7.03. The summed E-state index contributed by atoms with van der Waals surface area (Å²) in [5, 5.41) is 0. The SMILES string of the molecule is CSCc1cc(F)ccc1CN=C(N)N1CCOC(C)C1. The van der Waals surface area contributed by atoms with E-state index in [-0.39, 0.29) is 11.9 Å². The van der Waals surface area contributed by atoms with Crippen LogP contribution in [0.15, 0.2) is 23.2 Å². The van der Waals surface area contributed by atoms with Crippen molar-refractivity contribution < 1.29 is 9.13 Å². The Bertz CT molecular complexity index is 510. The molecule has 1 aromatic rings. The van der Waals surface area contributed by atoms with Crippen LogP contribution in [0.2, 0.25) is 0 Å². The lowest BCUT2D eigenvalue weighted by atomic mass is 10.1. The summed E-state index contributed by atoms with van der Waals surface area (Å²) in [5.41, 5.74) is 8.06. The van der Waals surface area contributed by atoms with Crippen LogP contribution in [0.4, 0.5) is 4.39 Å². The molecule has 1 aromatic carbocycles. The fourth-order valence-electron chi connectivity index (χ4n) is 2.33. The highest BCUT2D eigenvalue weighted by atomic mass is 32.2. The van der Waals surface area contributed by atoms with Crippen LogP contribution in [-0.2, 0) is 17.0 Å². The fraction of sp³-hybridized carbons (Fsp3) is 0.533. The zero-order valence-corrected chi connectivity index (χ0v) is 13.3. The summed E-state index contributed by atoms with van der Waals surface area (Å²) in [5.74, 6) is 1.10. The molecule has 1 unspecified atom stereocenters. The first-order valence-corrected chi connectivity index (χ1v) is 8.42. The minimum Gasteiger partial charge on any atom is -0.375 e. The molecule has 0 aliphatic carbocycles. The van der Waals surface area contributed by atoms with Crippen molar-refractivity contribution in [3.05, 3.63) is 35.1 Å². The number of hydrogen-bond donors (Lipinski definition) is 1. The Morgan fingerprint density at radius 1 is 1.52 bits per heavy atom. The van der Waals surface area contributed by atoms with Crippen molar-refractivity contribution in [1.29, 1.82) is 0 Å². The van der Waals surface area contributed by atoms with E-state index in [0.717, 1.165) is 30.0 Å². The molecule has 1 fully saturated rings. The van der Waals surface area contributed by atoms with Crippen LogP contribution >= 0.6 is 11.8 Å². The molecule has 2 N–H and O–H groups in total. The second-order valence-corrected chi connectivity index (χ2v) is 6.01. The standard InChI is InChI=1S/C15H22FN3OS/c1-11-9-19(5-6-20-11)15(17)18-8-12-3-4-14(16)7-13(12)10-21-2/h3-4,7,11H,5-6,8-10H2,1-2H3,(H2,17,18). The van der Waals surface area contributed by atoms with Gasteiger partial charge in [0, 0.05) is 18.8 Å². The third-order valence-corrected chi connectivity index (χ3v) is 4.04. The van der Waals surface area contributed by atoms with Crippen molar-refractivity contribution in [2.75, 3.05) is 26.0 Å². The van der Waals surface area contributed by atoms with E-state index in [0.29, 0.717) is 19.1 Å². The Morgan fingerprint density at radius 3 is 3.05 bits per heavy atom. The van der Waals surface area contributed by atoms with Crippen molar-refractivity contribution in [1.82, 2.24) is 4.90 Å². The largest absolute Gasteiger partial charge is 0.375 e. The molecule has 1 saturated heterocycles. The molecule has 0 spiro atoms. The molecule has 0 bridgehead atoms. The van der Waals surface area contributed by atoms with Crippen LogP contribution in [0.25, 0.3) is 0 Å². The van der Waals surface area contributed by atoms with Crippen LogP contribution in [-0.4, -0.2) is 42.9 Å². The number of rotatable bonds is 4. The first-order chi connectivity index (χ1) is 10.1. The maximum Gasteiger partial charge on any atom is 0.191 e. The van der Waals surface area contributed by atoms with Crippen molar-refractivity contribution in [2.24, 2.45) is 10.7 Å². The molecule has 4 nitrogen and oxygen atoms in total. The summed E-state index contributed by atoms with van der Waals surface area (Å²) in [6.07, 6.45) is 2.17. The maximum atomic E-state index is 13.3. The number of ether oxygens (including phenoxy) is 1. The van der Waals surface area contributed by atoms with Gasteiger partial charge in [-0.15, -0.1) is 0 Å². The highest BCUT2D eigenvalue weighted by Gasteiger charge is 2.18. The summed E-state index contributed by atoms with van der Waals surface area (Å²) >= 11 is 1.67. The van der Waals surface area contributed by atoms with Crippen molar-refractivity contribution in [3.63, 3.8) is 0 Å².